The number of piperidine rings is 1. The van der Waals surface area contributed by atoms with Gasteiger partial charge in [-0.25, -0.2) is 4.98 Å². The summed E-state index contributed by atoms with van der Waals surface area (Å²) in [5.41, 5.74) is 0.381. The Morgan fingerprint density at radius 2 is 1.67 bits per heavy atom. The van der Waals surface area contributed by atoms with E-state index < -0.39 is 41.4 Å². The molecule has 4 amide bonds. The van der Waals surface area contributed by atoms with Gasteiger partial charge in [-0.2, -0.15) is 18.2 Å². The van der Waals surface area contributed by atoms with E-state index in [0.717, 1.165) is 11.0 Å². The first-order valence-corrected chi connectivity index (χ1v) is 14.9. The van der Waals surface area contributed by atoms with E-state index in [1.165, 1.54) is 12.1 Å². The van der Waals surface area contributed by atoms with E-state index in [9.17, 15) is 32.3 Å². The molecule has 3 N–H and O–H groups in total. The average molecular weight is 657 g/mol. The summed E-state index contributed by atoms with van der Waals surface area (Å²) < 4.78 is 39.9. The Morgan fingerprint density at radius 3 is 2.41 bits per heavy atom. The van der Waals surface area contributed by atoms with Crippen molar-refractivity contribution >= 4 is 58.4 Å². The fourth-order valence-corrected chi connectivity index (χ4v) is 5.97. The van der Waals surface area contributed by atoms with Gasteiger partial charge >= 0.3 is 6.18 Å². The summed E-state index contributed by atoms with van der Waals surface area (Å²) in [5.74, 6) is -1.26. The standard InChI is InChI=1S/C30H28ClF3N8O4/c31-20-5-4-17(16-19(20)30(32,33)34)40-12-14-41(15-13-40)29-37-9-8-23(38-29)36-11-10-35-21-3-1-2-18-25(21)28(46)42(27(18)45)22-6-7-24(43)39-26(22)44/h1-5,8-9,16,22,35H,6-7,10-15H2,(H,36,37,38)(H,39,43,44). The van der Waals surface area contributed by atoms with Crippen molar-refractivity contribution < 1.29 is 32.3 Å². The first kappa shape index (κ1) is 31.1. The van der Waals surface area contributed by atoms with Crippen molar-refractivity contribution in [1.29, 1.82) is 0 Å². The van der Waals surface area contributed by atoms with E-state index in [2.05, 4.69) is 25.9 Å². The summed E-state index contributed by atoms with van der Waals surface area (Å²) in [6.07, 6.45) is -2.82. The second-order valence-electron chi connectivity index (χ2n) is 10.9. The summed E-state index contributed by atoms with van der Waals surface area (Å²) in [6.45, 7) is 2.68. The number of amides is 4. The molecule has 46 heavy (non-hydrogen) atoms. The van der Waals surface area contributed by atoms with Crippen molar-refractivity contribution in [2.75, 3.05) is 59.7 Å². The molecule has 2 aromatic carbocycles. The molecular weight excluding hydrogens is 629 g/mol. The van der Waals surface area contributed by atoms with Gasteiger partial charge in [-0.05, 0) is 42.8 Å². The number of anilines is 4. The van der Waals surface area contributed by atoms with Crippen molar-refractivity contribution in [1.82, 2.24) is 20.2 Å². The van der Waals surface area contributed by atoms with E-state index in [-0.39, 0.29) is 29.0 Å². The number of piperazine rings is 1. The number of aromatic nitrogens is 2. The molecule has 1 unspecified atom stereocenters. The maximum absolute atomic E-state index is 13.3. The minimum absolute atomic E-state index is 0.0388. The molecule has 2 saturated heterocycles. The molecule has 0 aliphatic carbocycles. The predicted molar refractivity (Wildman–Crippen MR) is 163 cm³/mol. The van der Waals surface area contributed by atoms with E-state index in [0.29, 0.717) is 62.4 Å². The third kappa shape index (κ3) is 6.14. The molecular formula is C30H28ClF3N8O4. The van der Waals surface area contributed by atoms with Crippen molar-refractivity contribution in [3.8, 4) is 0 Å². The molecule has 3 aromatic rings. The minimum Gasteiger partial charge on any atom is -0.383 e. The number of fused-ring (bicyclic) bond motifs is 1. The zero-order chi connectivity index (χ0) is 32.6. The lowest BCUT2D eigenvalue weighted by Crippen LogP contribution is -2.54. The number of carbonyl (C=O) groups is 4. The van der Waals surface area contributed by atoms with Crippen LogP contribution in [0, 0.1) is 0 Å². The summed E-state index contributed by atoms with van der Waals surface area (Å²) in [7, 11) is 0. The number of imide groups is 2. The van der Waals surface area contributed by atoms with Crippen LogP contribution in [0.15, 0.2) is 48.7 Å². The minimum atomic E-state index is -4.54. The Kier molecular flexibility index (Phi) is 8.42. The van der Waals surface area contributed by atoms with Gasteiger partial charge in [0, 0.05) is 63.3 Å². The van der Waals surface area contributed by atoms with Gasteiger partial charge in [-0.1, -0.05) is 17.7 Å². The summed E-state index contributed by atoms with van der Waals surface area (Å²) in [4.78, 5) is 63.9. The molecule has 240 valence electrons. The third-order valence-electron chi connectivity index (χ3n) is 8.04. The van der Waals surface area contributed by atoms with Crippen LogP contribution < -0.4 is 25.8 Å². The number of nitrogens with zero attached hydrogens (tertiary/aromatic N) is 5. The highest BCUT2D eigenvalue weighted by Crippen LogP contribution is 2.37. The van der Waals surface area contributed by atoms with Crippen molar-refractivity contribution in [3.05, 3.63) is 70.4 Å². The van der Waals surface area contributed by atoms with Crippen LogP contribution in [-0.2, 0) is 15.8 Å². The Bertz CT molecular complexity index is 1710. The zero-order valence-corrected chi connectivity index (χ0v) is 25.0. The molecule has 4 heterocycles. The molecule has 2 fully saturated rings. The number of benzene rings is 2. The predicted octanol–water partition coefficient (Wildman–Crippen LogP) is 3.40. The molecule has 3 aliphatic heterocycles. The molecule has 3 aliphatic rings. The molecule has 6 rings (SSSR count). The smallest absolute Gasteiger partial charge is 0.383 e. The van der Waals surface area contributed by atoms with Crippen molar-refractivity contribution in [3.63, 3.8) is 0 Å². The maximum Gasteiger partial charge on any atom is 0.417 e. The number of carbonyl (C=O) groups excluding carboxylic acids is 4. The fraction of sp³-hybridized carbons (Fsp3) is 0.333. The van der Waals surface area contributed by atoms with Crippen LogP contribution >= 0.6 is 11.6 Å². The fourth-order valence-electron chi connectivity index (χ4n) is 5.74. The topological polar surface area (TPSA) is 140 Å². The van der Waals surface area contributed by atoms with Gasteiger partial charge in [0.15, 0.2) is 0 Å². The van der Waals surface area contributed by atoms with Crippen LogP contribution in [0.1, 0.15) is 39.1 Å². The van der Waals surface area contributed by atoms with E-state index in [1.54, 1.807) is 30.5 Å². The largest absolute Gasteiger partial charge is 0.417 e. The Hall–Kier alpha value is -4.92. The highest BCUT2D eigenvalue weighted by atomic mass is 35.5. The Morgan fingerprint density at radius 1 is 0.935 bits per heavy atom. The van der Waals surface area contributed by atoms with Crippen LogP contribution in [-0.4, -0.2) is 83.8 Å². The molecule has 16 heteroatoms. The van der Waals surface area contributed by atoms with Gasteiger partial charge in [-0.15, -0.1) is 0 Å². The van der Waals surface area contributed by atoms with Crippen LogP contribution in [0.3, 0.4) is 0 Å². The van der Waals surface area contributed by atoms with Gasteiger partial charge < -0.3 is 20.4 Å². The maximum atomic E-state index is 13.3. The quantitative estimate of drug-likeness (QED) is 0.244. The molecule has 1 atom stereocenters. The summed E-state index contributed by atoms with van der Waals surface area (Å²) in [6, 6.07) is 9.41. The van der Waals surface area contributed by atoms with Gasteiger partial charge in [0.1, 0.15) is 11.9 Å². The zero-order valence-electron chi connectivity index (χ0n) is 24.2. The Balaban J connectivity index is 1.03. The number of halogens is 4. The van der Waals surface area contributed by atoms with Crippen molar-refractivity contribution in [2.45, 2.75) is 25.1 Å². The second kappa shape index (κ2) is 12.5. The van der Waals surface area contributed by atoms with Gasteiger partial charge in [-0.3, -0.25) is 29.4 Å². The highest BCUT2D eigenvalue weighted by Gasteiger charge is 2.45. The highest BCUT2D eigenvalue weighted by molar-refractivity contribution is 6.31. The average Bonchev–Trinajstić information content (AvgIpc) is 3.29. The van der Waals surface area contributed by atoms with Gasteiger partial charge in [0.2, 0.25) is 17.8 Å². The molecule has 12 nitrogen and oxygen atoms in total. The lowest BCUT2D eigenvalue weighted by atomic mass is 10.0. The number of hydrogen-bond acceptors (Lipinski definition) is 10. The SMILES string of the molecule is O=C1CCC(N2C(=O)c3cccc(NCCNc4ccnc(N5CCN(c6ccc(Cl)c(C(F)(F)F)c6)CC5)n4)c3C2=O)C(=O)N1. The van der Waals surface area contributed by atoms with Gasteiger partial charge in [0.05, 0.1) is 21.7 Å². The molecule has 0 bridgehead atoms. The third-order valence-corrected chi connectivity index (χ3v) is 8.37. The molecule has 0 radical (unpaired) electrons. The lowest BCUT2D eigenvalue weighted by Gasteiger charge is -2.36. The van der Waals surface area contributed by atoms with Crippen LogP contribution in [0.5, 0.6) is 0 Å². The van der Waals surface area contributed by atoms with Crippen LogP contribution in [0.4, 0.5) is 36.3 Å². The van der Waals surface area contributed by atoms with Crippen LogP contribution in [0.25, 0.3) is 0 Å². The summed E-state index contributed by atoms with van der Waals surface area (Å²) >= 11 is 5.77. The first-order valence-electron chi connectivity index (χ1n) is 14.5. The summed E-state index contributed by atoms with van der Waals surface area (Å²) in [5, 5.41) is 8.21. The number of rotatable bonds is 8. The molecule has 0 spiro atoms. The molecule has 1 aromatic heterocycles. The first-order chi connectivity index (χ1) is 22.0. The van der Waals surface area contributed by atoms with Crippen LogP contribution in [0.2, 0.25) is 5.02 Å². The number of nitrogens with one attached hydrogen (secondary N) is 3. The van der Waals surface area contributed by atoms with E-state index in [1.807, 2.05) is 9.80 Å². The van der Waals surface area contributed by atoms with E-state index in [4.69, 9.17) is 11.6 Å². The lowest BCUT2D eigenvalue weighted by molar-refractivity contribution is -0.138. The molecule has 0 saturated carbocycles. The normalized spacial score (nSPS) is 18.5. The monoisotopic (exact) mass is 656 g/mol. The second-order valence-corrected chi connectivity index (χ2v) is 11.3. The van der Waals surface area contributed by atoms with Crippen molar-refractivity contribution in [2.24, 2.45) is 0 Å². The van der Waals surface area contributed by atoms with Gasteiger partial charge in [0.25, 0.3) is 11.8 Å². The van der Waals surface area contributed by atoms with E-state index >= 15 is 0 Å². The number of alkyl halides is 3. The number of hydrogen-bond donors (Lipinski definition) is 3. The Labute approximate surface area is 265 Å².